The highest BCUT2D eigenvalue weighted by Gasteiger charge is 1.97. The van der Waals surface area contributed by atoms with Crippen LogP contribution in [0.4, 0.5) is 0 Å². The van der Waals surface area contributed by atoms with Crippen molar-refractivity contribution in [3.05, 3.63) is 0 Å². The van der Waals surface area contributed by atoms with E-state index in [0.29, 0.717) is 0 Å². The SMILES string of the molecule is NC(CO)CS(=O)[O-]. The summed E-state index contributed by atoms with van der Waals surface area (Å²) < 4.78 is 19.6. The highest BCUT2D eigenvalue weighted by atomic mass is 32.2. The summed E-state index contributed by atoms with van der Waals surface area (Å²) in [6.07, 6.45) is 0. The first-order valence-electron chi connectivity index (χ1n) is 2.09. The minimum Gasteiger partial charge on any atom is -0.772 e. The molecule has 0 aliphatic carbocycles. The van der Waals surface area contributed by atoms with Crippen LogP contribution < -0.4 is 5.73 Å². The summed E-state index contributed by atoms with van der Waals surface area (Å²) in [5.74, 6) is -0.170. The number of aliphatic hydroxyl groups excluding tert-OH is 1. The summed E-state index contributed by atoms with van der Waals surface area (Å²) in [7, 11) is 0. The van der Waals surface area contributed by atoms with Gasteiger partial charge in [0.1, 0.15) is 0 Å². The molecule has 0 aromatic rings. The normalized spacial score (nSPS) is 17.9. The molecular weight excluding hydrogens is 130 g/mol. The Hall–Kier alpha value is 0.0300. The molecule has 0 heterocycles. The van der Waals surface area contributed by atoms with E-state index in [1.54, 1.807) is 0 Å². The molecule has 0 aliphatic heterocycles. The molecule has 0 fully saturated rings. The van der Waals surface area contributed by atoms with E-state index in [9.17, 15) is 8.76 Å². The van der Waals surface area contributed by atoms with Gasteiger partial charge in [-0.15, -0.1) is 0 Å². The molecule has 0 aromatic carbocycles. The predicted octanol–water partition coefficient (Wildman–Crippen LogP) is -1.81. The van der Waals surface area contributed by atoms with E-state index in [1.165, 1.54) is 0 Å². The van der Waals surface area contributed by atoms with Crippen LogP contribution in [0.3, 0.4) is 0 Å². The van der Waals surface area contributed by atoms with Gasteiger partial charge in [0.15, 0.2) is 0 Å². The molecule has 3 N–H and O–H groups in total. The molecule has 8 heavy (non-hydrogen) atoms. The molecular formula is C3H8NO3S-. The van der Waals surface area contributed by atoms with Crippen molar-refractivity contribution in [1.29, 1.82) is 0 Å². The molecule has 0 saturated heterocycles. The molecule has 50 valence electrons. The molecule has 2 unspecified atom stereocenters. The minimum absolute atomic E-state index is 0.170. The second kappa shape index (κ2) is 3.96. The molecule has 4 nitrogen and oxygen atoms in total. The maximum absolute atomic E-state index is 9.78. The molecule has 0 spiro atoms. The average Bonchev–Trinajstić information content (AvgIpc) is 1.65. The van der Waals surface area contributed by atoms with Crippen molar-refractivity contribution in [2.75, 3.05) is 12.4 Å². The molecule has 0 aliphatic rings. The number of hydrogen-bond acceptors (Lipinski definition) is 4. The minimum atomic E-state index is -2.13. The average molecular weight is 138 g/mol. The van der Waals surface area contributed by atoms with Crippen LogP contribution >= 0.6 is 0 Å². The first-order valence-corrected chi connectivity index (χ1v) is 3.33. The van der Waals surface area contributed by atoms with Crippen LogP contribution in [0.5, 0.6) is 0 Å². The van der Waals surface area contributed by atoms with E-state index in [-0.39, 0.29) is 12.4 Å². The zero-order chi connectivity index (χ0) is 6.57. The van der Waals surface area contributed by atoms with Crippen molar-refractivity contribution < 1.29 is 13.9 Å². The van der Waals surface area contributed by atoms with Gasteiger partial charge in [0.05, 0.1) is 6.61 Å². The van der Waals surface area contributed by atoms with Crippen LogP contribution in [0.25, 0.3) is 0 Å². The van der Waals surface area contributed by atoms with Crippen molar-refractivity contribution in [2.45, 2.75) is 6.04 Å². The van der Waals surface area contributed by atoms with E-state index in [2.05, 4.69) is 0 Å². The quantitative estimate of drug-likeness (QED) is 0.450. The summed E-state index contributed by atoms with van der Waals surface area (Å²) >= 11 is -2.13. The standard InChI is InChI=1S/C3H9NO3S/c4-3(1-5)2-8(6)7/h3,5H,1-2,4H2,(H,6,7)/p-1. The Bertz CT molecular complexity index is 86.6. The van der Waals surface area contributed by atoms with Gasteiger partial charge in [-0.05, 0) is 0 Å². The maximum atomic E-state index is 9.78. The van der Waals surface area contributed by atoms with Crippen molar-refractivity contribution in [3.63, 3.8) is 0 Å². The van der Waals surface area contributed by atoms with Crippen molar-refractivity contribution in [3.8, 4) is 0 Å². The smallest absolute Gasteiger partial charge is 0.0591 e. The molecule has 0 bridgehead atoms. The summed E-state index contributed by atoms with van der Waals surface area (Å²) in [6.45, 7) is -0.284. The van der Waals surface area contributed by atoms with Gasteiger partial charge in [0, 0.05) is 11.8 Å². The number of hydrogen-bond donors (Lipinski definition) is 2. The highest BCUT2D eigenvalue weighted by Crippen LogP contribution is 1.78. The Kier molecular flexibility index (Phi) is 3.98. The second-order valence-corrected chi connectivity index (χ2v) is 2.35. The molecule has 2 atom stereocenters. The van der Waals surface area contributed by atoms with Crippen molar-refractivity contribution in [1.82, 2.24) is 0 Å². The lowest BCUT2D eigenvalue weighted by molar-refractivity contribution is 0.274. The fourth-order valence-electron chi connectivity index (χ4n) is 0.227. The van der Waals surface area contributed by atoms with Crippen LogP contribution in [0.1, 0.15) is 0 Å². The predicted molar refractivity (Wildman–Crippen MR) is 28.8 cm³/mol. The lowest BCUT2D eigenvalue weighted by Gasteiger charge is -2.08. The highest BCUT2D eigenvalue weighted by molar-refractivity contribution is 7.79. The largest absolute Gasteiger partial charge is 0.772 e. The van der Waals surface area contributed by atoms with E-state index in [4.69, 9.17) is 10.8 Å². The zero-order valence-electron chi connectivity index (χ0n) is 4.24. The third-order valence-corrected chi connectivity index (χ3v) is 1.28. The van der Waals surface area contributed by atoms with Crippen LogP contribution in [-0.2, 0) is 11.1 Å². The van der Waals surface area contributed by atoms with Gasteiger partial charge < -0.3 is 15.4 Å². The van der Waals surface area contributed by atoms with E-state index >= 15 is 0 Å². The van der Waals surface area contributed by atoms with Crippen molar-refractivity contribution >= 4 is 11.1 Å². The summed E-state index contributed by atoms with van der Waals surface area (Å²) in [5, 5.41) is 8.19. The maximum Gasteiger partial charge on any atom is 0.0591 e. The van der Waals surface area contributed by atoms with Gasteiger partial charge in [0.25, 0.3) is 0 Å². The van der Waals surface area contributed by atoms with Gasteiger partial charge in [-0.1, -0.05) is 11.1 Å². The van der Waals surface area contributed by atoms with E-state index < -0.39 is 17.1 Å². The molecule has 5 heteroatoms. The monoisotopic (exact) mass is 138 g/mol. The Morgan fingerprint density at radius 2 is 2.38 bits per heavy atom. The lowest BCUT2D eigenvalue weighted by Crippen LogP contribution is -2.30. The second-order valence-electron chi connectivity index (χ2n) is 1.41. The lowest BCUT2D eigenvalue weighted by atomic mass is 10.4. The fraction of sp³-hybridized carbons (Fsp3) is 1.00. The van der Waals surface area contributed by atoms with Crippen LogP contribution in [0.15, 0.2) is 0 Å². The van der Waals surface area contributed by atoms with Crippen LogP contribution in [0, 0.1) is 0 Å². The zero-order valence-corrected chi connectivity index (χ0v) is 5.06. The summed E-state index contributed by atoms with van der Waals surface area (Å²) in [5.41, 5.74) is 5.03. The van der Waals surface area contributed by atoms with Crippen molar-refractivity contribution in [2.24, 2.45) is 5.73 Å². The molecule has 0 radical (unpaired) electrons. The van der Waals surface area contributed by atoms with Gasteiger partial charge in [-0.3, -0.25) is 4.21 Å². The van der Waals surface area contributed by atoms with Gasteiger partial charge in [0.2, 0.25) is 0 Å². The third-order valence-electron chi connectivity index (χ3n) is 0.585. The Morgan fingerprint density at radius 1 is 1.88 bits per heavy atom. The molecule has 0 rings (SSSR count). The topological polar surface area (TPSA) is 86.4 Å². The van der Waals surface area contributed by atoms with E-state index in [0.717, 1.165) is 0 Å². The number of aliphatic hydroxyl groups is 1. The Balaban J connectivity index is 3.24. The van der Waals surface area contributed by atoms with Gasteiger partial charge in [-0.25, -0.2) is 0 Å². The molecule has 0 amide bonds. The molecule has 0 saturated carbocycles. The Morgan fingerprint density at radius 3 is 2.50 bits per heavy atom. The summed E-state index contributed by atoms with van der Waals surface area (Å²) in [6, 6.07) is -0.631. The first-order chi connectivity index (χ1) is 3.66. The van der Waals surface area contributed by atoms with Crippen LogP contribution in [-0.4, -0.2) is 32.3 Å². The van der Waals surface area contributed by atoms with E-state index in [1.807, 2.05) is 0 Å². The third kappa shape index (κ3) is 4.20. The number of rotatable bonds is 3. The first kappa shape index (κ1) is 8.03. The molecule has 0 aromatic heterocycles. The summed E-state index contributed by atoms with van der Waals surface area (Å²) in [4.78, 5) is 0. The Labute approximate surface area is 50.0 Å². The van der Waals surface area contributed by atoms with Crippen LogP contribution in [0.2, 0.25) is 0 Å². The van der Waals surface area contributed by atoms with Gasteiger partial charge in [-0.2, -0.15) is 0 Å². The van der Waals surface area contributed by atoms with Gasteiger partial charge >= 0.3 is 0 Å². The fourth-order valence-corrected chi connectivity index (χ4v) is 0.682. The number of nitrogens with two attached hydrogens (primary N) is 1.